The zero-order valence-corrected chi connectivity index (χ0v) is 30.2. The van der Waals surface area contributed by atoms with Crippen LogP contribution in [0.4, 0.5) is 35.1 Å². The quantitative estimate of drug-likeness (QED) is 0.156. The molecule has 2 aromatic carbocycles. The topological polar surface area (TPSA) is 147 Å². The molecule has 1 fully saturated rings. The first kappa shape index (κ1) is 41.7. The fraction of sp³-hybridized carbons (Fsp3) is 0.314. The summed E-state index contributed by atoms with van der Waals surface area (Å²) in [6, 6.07) is 9.28. The smallest absolute Gasteiger partial charge is 0.433 e. The second-order valence-corrected chi connectivity index (χ2v) is 14.1. The van der Waals surface area contributed by atoms with Gasteiger partial charge in [-0.2, -0.15) is 30.6 Å². The van der Waals surface area contributed by atoms with E-state index in [9.17, 15) is 48.3 Å². The lowest BCUT2D eigenvalue weighted by Gasteiger charge is -2.22. The summed E-state index contributed by atoms with van der Waals surface area (Å²) in [5.41, 5.74) is 5.57. The van der Waals surface area contributed by atoms with Gasteiger partial charge in [-0.1, -0.05) is 0 Å². The summed E-state index contributed by atoms with van der Waals surface area (Å²) in [7, 11) is -1.46. The molecule has 1 saturated heterocycles. The Kier molecular flexibility index (Phi) is 12.5. The van der Waals surface area contributed by atoms with Gasteiger partial charge >= 0.3 is 12.4 Å². The molecule has 3 aromatic heterocycles. The van der Waals surface area contributed by atoms with Crippen LogP contribution in [0.3, 0.4) is 0 Å². The van der Waals surface area contributed by atoms with Gasteiger partial charge in [-0.05, 0) is 67.1 Å². The number of carbonyl (C=O) groups excluding carboxylic acids is 1. The van der Waals surface area contributed by atoms with Gasteiger partial charge in [0.15, 0.2) is 5.78 Å². The lowest BCUT2D eigenvalue weighted by atomic mass is 10.0. The van der Waals surface area contributed by atoms with Crippen LogP contribution in [0.25, 0.3) is 11.4 Å². The van der Waals surface area contributed by atoms with E-state index in [4.69, 9.17) is 15.2 Å². The van der Waals surface area contributed by atoms with E-state index in [1.54, 1.807) is 6.20 Å². The fourth-order valence-corrected chi connectivity index (χ4v) is 7.33. The van der Waals surface area contributed by atoms with E-state index in [0.29, 0.717) is 28.4 Å². The monoisotopic (exact) mass is 815 g/mol. The first-order valence-electron chi connectivity index (χ1n) is 16.5. The molecular formula is C35H33F8N7O5S. The van der Waals surface area contributed by atoms with Gasteiger partial charge in [0.2, 0.25) is 21.8 Å². The van der Waals surface area contributed by atoms with Crippen LogP contribution in [0.5, 0.6) is 11.8 Å². The number of rotatable bonds is 11. The van der Waals surface area contributed by atoms with Gasteiger partial charge in [-0.3, -0.25) is 4.79 Å². The van der Waals surface area contributed by atoms with Crippen molar-refractivity contribution in [1.29, 1.82) is 0 Å². The summed E-state index contributed by atoms with van der Waals surface area (Å²) in [4.78, 5) is 16.1. The van der Waals surface area contributed by atoms with Crippen molar-refractivity contribution in [1.82, 2.24) is 28.9 Å². The van der Waals surface area contributed by atoms with E-state index in [1.165, 1.54) is 48.0 Å². The number of aryl methyl sites for hydroxylation is 1. The molecule has 21 heteroatoms. The molecule has 0 saturated carbocycles. The van der Waals surface area contributed by atoms with E-state index < -0.39 is 64.0 Å². The van der Waals surface area contributed by atoms with Gasteiger partial charge in [0.05, 0.1) is 48.3 Å². The highest BCUT2D eigenvalue weighted by Crippen LogP contribution is 2.32. The maximum absolute atomic E-state index is 14.2. The predicted molar refractivity (Wildman–Crippen MR) is 183 cm³/mol. The number of aromatic nitrogens is 5. The number of carbonyl (C=O) groups is 1. The van der Waals surface area contributed by atoms with Crippen molar-refractivity contribution in [2.75, 3.05) is 20.8 Å². The molecular weight excluding hydrogens is 782 g/mol. The lowest BCUT2D eigenvalue weighted by molar-refractivity contribution is -0.141. The molecule has 0 spiro atoms. The molecule has 6 rings (SSSR count). The second kappa shape index (κ2) is 16.8. The first-order valence-corrected chi connectivity index (χ1v) is 17.9. The number of hydrogen-bond donors (Lipinski definition) is 1. The van der Waals surface area contributed by atoms with Crippen LogP contribution in [0, 0.1) is 5.82 Å². The van der Waals surface area contributed by atoms with E-state index >= 15 is 0 Å². The van der Waals surface area contributed by atoms with E-state index in [1.807, 2.05) is 0 Å². The minimum absolute atomic E-state index is 0.0700. The summed E-state index contributed by atoms with van der Waals surface area (Å²) in [6.07, 6.45) is -6.71. The van der Waals surface area contributed by atoms with Gasteiger partial charge < -0.3 is 15.2 Å². The molecule has 1 aliphatic heterocycles. The SMILES string of the molecule is COc1nn(-c2ccc(C(F)(F)F)cc2)cc1CCC(=O)[C@@H]1C[C@@H](F)CN1S(=O)(=O)c1ccc(F)cc1.COc1nn(-c2ccc(C(F)(F)F)nc2)cc1CN. The Morgan fingerprint density at radius 2 is 1.41 bits per heavy atom. The third-order valence-electron chi connectivity index (χ3n) is 8.51. The number of alkyl halides is 7. The highest BCUT2D eigenvalue weighted by atomic mass is 32.2. The van der Waals surface area contributed by atoms with Crippen LogP contribution in [0.1, 0.15) is 35.2 Å². The zero-order valence-electron chi connectivity index (χ0n) is 29.4. The van der Waals surface area contributed by atoms with E-state index in [2.05, 4.69) is 15.2 Å². The number of nitrogens with two attached hydrogens (primary N) is 1. The zero-order chi connectivity index (χ0) is 41.0. The molecule has 56 heavy (non-hydrogen) atoms. The summed E-state index contributed by atoms with van der Waals surface area (Å²) < 4.78 is 143. The molecule has 0 bridgehead atoms. The standard InChI is InChI=1S/C24H22F5N3O4S.C11H11F3N4O/c1-36-23-15(13-31(30-23)19-7-3-16(4-8-19)24(27,28)29)2-11-22(33)21-12-18(26)14-32(21)37(34,35)20-9-5-17(25)6-10-20;1-19-10-7(4-15)6-18(17-10)8-2-3-9(16-5-8)11(12,13)14/h3-10,13,18,21H,2,11-12,14H2,1H3;2-3,5-6H,4,15H2,1H3/t18-,21+;/m1./s1. The lowest BCUT2D eigenvalue weighted by Crippen LogP contribution is -2.40. The number of pyridine rings is 1. The minimum atomic E-state index is -4.48. The van der Waals surface area contributed by atoms with Gasteiger partial charge in [-0.15, -0.1) is 10.2 Å². The number of hydrogen-bond acceptors (Lipinski definition) is 9. The van der Waals surface area contributed by atoms with Crippen LogP contribution >= 0.6 is 0 Å². The Balaban J connectivity index is 0.000000265. The van der Waals surface area contributed by atoms with Crippen LogP contribution in [0.2, 0.25) is 0 Å². The van der Waals surface area contributed by atoms with Gasteiger partial charge in [0, 0.05) is 49.5 Å². The van der Waals surface area contributed by atoms with Crippen molar-refractivity contribution in [2.45, 2.75) is 55.3 Å². The number of halogens is 8. The number of benzene rings is 2. The Labute approximate surface area is 314 Å². The van der Waals surface area contributed by atoms with Crippen LogP contribution < -0.4 is 15.2 Å². The summed E-state index contributed by atoms with van der Waals surface area (Å²) in [5, 5.41) is 8.24. The molecule has 0 aliphatic carbocycles. The molecule has 0 radical (unpaired) electrons. The van der Waals surface area contributed by atoms with Crippen LogP contribution in [-0.4, -0.2) is 76.0 Å². The Hall–Kier alpha value is -5.41. The number of nitrogens with zero attached hydrogens (tertiary/aromatic N) is 6. The molecule has 2 N–H and O–H groups in total. The Morgan fingerprint density at radius 3 is 1.93 bits per heavy atom. The summed E-state index contributed by atoms with van der Waals surface area (Å²) in [6.45, 7) is -0.275. The summed E-state index contributed by atoms with van der Waals surface area (Å²) >= 11 is 0. The largest absolute Gasteiger partial charge is 0.480 e. The molecule has 2 atom stereocenters. The third-order valence-corrected chi connectivity index (χ3v) is 10.4. The normalized spacial score (nSPS) is 16.3. The second-order valence-electron chi connectivity index (χ2n) is 12.2. The fourth-order valence-electron chi connectivity index (χ4n) is 5.68. The third kappa shape index (κ3) is 9.51. The number of ketones is 1. The van der Waals surface area contributed by atoms with E-state index in [0.717, 1.165) is 53.0 Å². The minimum Gasteiger partial charge on any atom is -0.480 e. The highest BCUT2D eigenvalue weighted by molar-refractivity contribution is 7.89. The average Bonchev–Trinajstić information content (AvgIpc) is 3.90. The Morgan fingerprint density at radius 1 is 0.839 bits per heavy atom. The molecule has 300 valence electrons. The first-order chi connectivity index (χ1) is 26.3. The molecule has 0 amide bonds. The molecule has 5 aromatic rings. The van der Waals surface area contributed by atoms with Crippen LogP contribution in [0.15, 0.2) is 84.1 Å². The number of methoxy groups -OCH3 is 2. The van der Waals surface area contributed by atoms with Crippen LogP contribution in [-0.2, 0) is 40.1 Å². The van der Waals surface area contributed by atoms with Crippen molar-refractivity contribution >= 4 is 15.8 Å². The maximum Gasteiger partial charge on any atom is 0.433 e. The molecule has 1 aliphatic rings. The molecule has 4 heterocycles. The van der Waals surface area contributed by atoms with Crippen molar-refractivity contribution in [3.05, 3.63) is 107 Å². The van der Waals surface area contributed by atoms with E-state index in [-0.39, 0.29) is 36.6 Å². The van der Waals surface area contributed by atoms with Gasteiger partial charge in [0.25, 0.3) is 0 Å². The Bertz CT molecular complexity index is 2200. The molecule has 12 nitrogen and oxygen atoms in total. The van der Waals surface area contributed by atoms with Crippen molar-refractivity contribution in [2.24, 2.45) is 5.73 Å². The predicted octanol–water partition coefficient (Wildman–Crippen LogP) is 6.10. The van der Waals surface area contributed by atoms with Gasteiger partial charge in [-0.25, -0.2) is 31.5 Å². The van der Waals surface area contributed by atoms with Crippen molar-refractivity contribution < 1.29 is 57.8 Å². The summed E-state index contributed by atoms with van der Waals surface area (Å²) in [5.74, 6) is -0.682. The van der Waals surface area contributed by atoms with Crippen molar-refractivity contribution in [3.63, 3.8) is 0 Å². The maximum atomic E-state index is 14.2. The van der Waals surface area contributed by atoms with Crippen molar-refractivity contribution in [3.8, 4) is 23.1 Å². The molecule has 0 unspecified atom stereocenters. The van der Waals surface area contributed by atoms with Gasteiger partial charge in [0.1, 0.15) is 17.7 Å². The average molecular weight is 816 g/mol. The highest BCUT2D eigenvalue weighted by Gasteiger charge is 2.44. The number of ether oxygens (including phenoxy) is 2. The number of Topliss-reactive ketones (excluding diaryl/α,β-unsaturated/α-hetero) is 1. The number of sulfonamides is 1.